The number of esters is 1. The summed E-state index contributed by atoms with van der Waals surface area (Å²) >= 11 is 1.18. The Kier molecular flexibility index (Phi) is 5.44. The number of methoxy groups -OCH3 is 2. The molecule has 0 radical (unpaired) electrons. The van der Waals surface area contributed by atoms with Gasteiger partial charge >= 0.3 is 5.97 Å². The molecule has 0 spiro atoms. The lowest BCUT2D eigenvalue weighted by atomic mass is 10.3. The molecule has 7 heteroatoms. The van der Waals surface area contributed by atoms with Crippen molar-refractivity contribution in [2.75, 3.05) is 32.8 Å². The number of rotatable bonds is 6. The maximum Gasteiger partial charge on any atom is 0.358 e. The normalized spacial score (nSPS) is 12.1. The second-order valence-electron chi connectivity index (χ2n) is 4.14. The van der Waals surface area contributed by atoms with Crippen molar-refractivity contribution >= 4 is 28.2 Å². The summed E-state index contributed by atoms with van der Waals surface area (Å²) in [6.45, 7) is 3.90. The second kappa shape index (κ2) is 6.63. The maximum atomic E-state index is 11.6. The molecule has 1 rings (SSSR count). The van der Waals surface area contributed by atoms with Gasteiger partial charge in [-0.15, -0.1) is 0 Å². The summed E-state index contributed by atoms with van der Waals surface area (Å²) in [6.07, 6.45) is 0. The number of anilines is 1. The monoisotopic (exact) mass is 286 g/mol. The lowest BCUT2D eigenvalue weighted by molar-refractivity contribution is 0.0591. The quantitative estimate of drug-likeness (QED) is 0.584. The molecule has 0 aliphatic carbocycles. The third-order valence-electron chi connectivity index (χ3n) is 2.69. The van der Waals surface area contributed by atoms with E-state index < -0.39 is 5.97 Å². The summed E-state index contributed by atoms with van der Waals surface area (Å²) < 4.78 is 9.71. The Morgan fingerprint density at radius 1 is 1.42 bits per heavy atom. The summed E-state index contributed by atoms with van der Waals surface area (Å²) in [6, 6.07) is 0.0847. The summed E-state index contributed by atoms with van der Waals surface area (Å²) in [7, 11) is 4.73. The van der Waals surface area contributed by atoms with Gasteiger partial charge in [-0.1, -0.05) is 11.3 Å². The van der Waals surface area contributed by atoms with Crippen molar-refractivity contribution in [2.24, 2.45) is 0 Å². The van der Waals surface area contributed by atoms with Gasteiger partial charge < -0.3 is 14.4 Å². The van der Waals surface area contributed by atoms with Gasteiger partial charge in [-0.3, -0.25) is 4.79 Å². The molecule has 1 atom stereocenters. The summed E-state index contributed by atoms with van der Waals surface area (Å²) in [5.74, 6) is -0.794. The van der Waals surface area contributed by atoms with Crippen LogP contribution in [0.15, 0.2) is 0 Å². The summed E-state index contributed by atoms with van der Waals surface area (Å²) in [4.78, 5) is 29.5. The molecule has 1 heterocycles. The number of ketones is 1. The fraction of sp³-hybridized carbons (Fsp3) is 0.583. The largest absolute Gasteiger partial charge is 0.464 e. The highest BCUT2D eigenvalue weighted by Gasteiger charge is 2.24. The molecule has 0 aliphatic heterocycles. The molecular formula is C12H18N2O4S. The van der Waals surface area contributed by atoms with Crippen molar-refractivity contribution in [3.63, 3.8) is 0 Å². The van der Waals surface area contributed by atoms with Gasteiger partial charge in [0, 0.05) is 21.1 Å². The Balaban J connectivity index is 3.10. The van der Waals surface area contributed by atoms with E-state index >= 15 is 0 Å². The number of hydrogen-bond donors (Lipinski definition) is 0. The van der Waals surface area contributed by atoms with E-state index in [0.29, 0.717) is 16.6 Å². The van der Waals surface area contributed by atoms with Gasteiger partial charge in [0.15, 0.2) is 16.6 Å². The van der Waals surface area contributed by atoms with Crippen molar-refractivity contribution in [3.05, 3.63) is 10.6 Å². The van der Waals surface area contributed by atoms with E-state index in [9.17, 15) is 9.59 Å². The van der Waals surface area contributed by atoms with E-state index in [2.05, 4.69) is 9.72 Å². The van der Waals surface area contributed by atoms with Crippen molar-refractivity contribution in [2.45, 2.75) is 19.9 Å². The number of thiazole rings is 1. The van der Waals surface area contributed by atoms with Gasteiger partial charge in [0.2, 0.25) is 0 Å². The SMILES string of the molecule is COCC(C)N(C)c1nc(C(=O)OC)c(C(C)=O)s1. The fourth-order valence-electron chi connectivity index (χ4n) is 1.47. The number of ether oxygens (including phenoxy) is 2. The van der Waals surface area contributed by atoms with Crippen molar-refractivity contribution in [3.8, 4) is 0 Å². The Morgan fingerprint density at radius 3 is 2.53 bits per heavy atom. The lowest BCUT2D eigenvalue weighted by Gasteiger charge is -2.23. The van der Waals surface area contributed by atoms with Crippen LogP contribution in [-0.4, -0.2) is 50.7 Å². The number of aromatic nitrogens is 1. The number of nitrogens with zero attached hydrogens (tertiary/aromatic N) is 2. The summed E-state index contributed by atoms with van der Waals surface area (Å²) in [5, 5.41) is 0.593. The Morgan fingerprint density at radius 2 is 2.05 bits per heavy atom. The van der Waals surface area contributed by atoms with Gasteiger partial charge in [0.25, 0.3) is 0 Å². The smallest absolute Gasteiger partial charge is 0.358 e. The van der Waals surface area contributed by atoms with Crippen molar-refractivity contribution < 1.29 is 19.1 Å². The molecule has 1 unspecified atom stereocenters. The first-order valence-corrected chi connectivity index (χ1v) is 6.55. The van der Waals surface area contributed by atoms with Gasteiger partial charge in [-0.25, -0.2) is 9.78 Å². The zero-order valence-corrected chi connectivity index (χ0v) is 12.5. The highest BCUT2D eigenvalue weighted by molar-refractivity contribution is 7.17. The minimum absolute atomic E-state index is 0.0754. The van der Waals surface area contributed by atoms with Gasteiger partial charge in [-0.2, -0.15) is 0 Å². The average molecular weight is 286 g/mol. The van der Waals surface area contributed by atoms with E-state index in [4.69, 9.17) is 4.74 Å². The van der Waals surface area contributed by atoms with E-state index in [1.54, 1.807) is 7.11 Å². The predicted molar refractivity (Wildman–Crippen MR) is 73.2 cm³/mol. The number of hydrogen-bond acceptors (Lipinski definition) is 7. The van der Waals surface area contributed by atoms with Gasteiger partial charge in [-0.05, 0) is 6.92 Å². The molecule has 106 valence electrons. The van der Waals surface area contributed by atoms with Crippen molar-refractivity contribution in [1.29, 1.82) is 0 Å². The standard InChI is InChI=1S/C12H18N2O4S/c1-7(6-17-4)14(3)12-13-9(11(16)18-5)10(19-12)8(2)15/h7H,6H2,1-5H3. The van der Waals surface area contributed by atoms with Crippen LogP contribution in [0.3, 0.4) is 0 Å². The van der Waals surface area contributed by atoms with Crippen LogP contribution in [0.4, 0.5) is 5.13 Å². The van der Waals surface area contributed by atoms with Gasteiger partial charge in [0.05, 0.1) is 19.8 Å². The Hall–Kier alpha value is -1.47. The van der Waals surface area contributed by atoms with E-state index in [-0.39, 0.29) is 17.5 Å². The van der Waals surface area contributed by atoms with E-state index in [1.165, 1.54) is 25.4 Å². The van der Waals surface area contributed by atoms with Crippen LogP contribution >= 0.6 is 11.3 Å². The molecule has 0 aliphatic rings. The zero-order valence-electron chi connectivity index (χ0n) is 11.7. The molecule has 0 aromatic carbocycles. The molecule has 0 bridgehead atoms. The molecule has 0 N–H and O–H groups in total. The highest BCUT2D eigenvalue weighted by Crippen LogP contribution is 2.27. The van der Waals surface area contributed by atoms with Crippen LogP contribution in [0.25, 0.3) is 0 Å². The van der Waals surface area contributed by atoms with Crippen molar-refractivity contribution in [1.82, 2.24) is 4.98 Å². The molecular weight excluding hydrogens is 268 g/mol. The average Bonchev–Trinajstić information content (AvgIpc) is 2.82. The lowest BCUT2D eigenvalue weighted by Crippen LogP contribution is -2.32. The third-order valence-corrected chi connectivity index (χ3v) is 3.93. The topological polar surface area (TPSA) is 68.7 Å². The molecule has 0 amide bonds. The maximum absolute atomic E-state index is 11.6. The molecule has 0 fully saturated rings. The molecule has 1 aromatic rings. The van der Waals surface area contributed by atoms with Crippen LogP contribution in [0.1, 0.15) is 34.0 Å². The van der Waals surface area contributed by atoms with E-state index in [1.807, 2.05) is 18.9 Å². The van der Waals surface area contributed by atoms with Crippen LogP contribution in [0, 0.1) is 0 Å². The molecule has 6 nitrogen and oxygen atoms in total. The number of carbonyl (C=O) groups excluding carboxylic acids is 2. The van der Waals surface area contributed by atoms with Gasteiger partial charge in [0.1, 0.15) is 4.88 Å². The molecule has 0 saturated carbocycles. The molecule has 0 saturated heterocycles. The number of Topliss-reactive ketones (excluding diaryl/α,β-unsaturated/α-hetero) is 1. The molecule has 19 heavy (non-hydrogen) atoms. The minimum Gasteiger partial charge on any atom is -0.464 e. The Bertz CT molecular complexity index is 472. The second-order valence-corrected chi connectivity index (χ2v) is 5.11. The van der Waals surface area contributed by atoms with Crippen LogP contribution in [0.2, 0.25) is 0 Å². The van der Waals surface area contributed by atoms with Crippen LogP contribution in [-0.2, 0) is 9.47 Å². The van der Waals surface area contributed by atoms with E-state index in [0.717, 1.165) is 0 Å². The summed E-state index contributed by atoms with van der Waals surface area (Å²) in [5.41, 5.74) is 0.0754. The van der Waals surface area contributed by atoms with Crippen LogP contribution < -0.4 is 4.90 Å². The number of likely N-dealkylation sites (N-methyl/N-ethyl adjacent to an activating group) is 1. The Labute approximate surface area is 116 Å². The zero-order chi connectivity index (χ0) is 14.6. The minimum atomic E-state index is -0.597. The first-order chi connectivity index (χ1) is 8.92. The highest BCUT2D eigenvalue weighted by atomic mass is 32.1. The van der Waals surface area contributed by atoms with Crippen LogP contribution in [0.5, 0.6) is 0 Å². The predicted octanol–water partition coefficient (Wildman–Crippen LogP) is 1.60. The first kappa shape index (κ1) is 15.6. The third kappa shape index (κ3) is 3.51. The number of carbonyl (C=O) groups is 2. The fourth-order valence-corrected chi connectivity index (χ4v) is 2.49. The molecule has 1 aromatic heterocycles. The first-order valence-electron chi connectivity index (χ1n) is 5.74.